The van der Waals surface area contributed by atoms with E-state index < -0.39 is 0 Å². The van der Waals surface area contributed by atoms with E-state index in [1.807, 2.05) is 36.3 Å². The van der Waals surface area contributed by atoms with Gasteiger partial charge in [0, 0.05) is 39.3 Å². The maximum Gasteiger partial charge on any atom is 0.227 e. The quantitative estimate of drug-likeness (QED) is 0.825. The summed E-state index contributed by atoms with van der Waals surface area (Å²) in [7, 11) is 1.84. The van der Waals surface area contributed by atoms with Gasteiger partial charge >= 0.3 is 0 Å². The Morgan fingerprint density at radius 2 is 2.08 bits per heavy atom. The molecule has 138 valence electrons. The van der Waals surface area contributed by atoms with Gasteiger partial charge in [-0.3, -0.25) is 14.7 Å². The molecule has 1 saturated heterocycles. The van der Waals surface area contributed by atoms with Gasteiger partial charge in [-0.2, -0.15) is 5.10 Å². The van der Waals surface area contributed by atoms with Crippen LogP contribution in [-0.2, 0) is 22.4 Å². The van der Waals surface area contributed by atoms with E-state index in [9.17, 15) is 9.59 Å². The monoisotopic (exact) mass is 354 g/mol. The third-order valence-corrected chi connectivity index (χ3v) is 5.03. The molecule has 1 aromatic carbocycles. The van der Waals surface area contributed by atoms with Crippen molar-refractivity contribution in [3.63, 3.8) is 0 Å². The van der Waals surface area contributed by atoms with E-state index in [2.05, 4.69) is 22.3 Å². The number of likely N-dealkylation sites (N-methyl/N-ethyl adjacent to an activating group) is 1. The molecule has 0 unspecified atom stereocenters. The van der Waals surface area contributed by atoms with Gasteiger partial charge in [-0.05, 0) is 30.4 Å². The minimum Gasteiger partial charge on any atom is -0.345 e. The molecule has 6 nitrogen and oxygen atoms in total. The Morgan fingerprint density at radius 3 is 2.81 bits per heavy atom. The number of carbonyl (C=O) groups excluding carboxylic acids is 2. The number of aromatic amines is 1. The lowest BCUT2D eigenvalue weighted by Gasteiger charge is -2.34. The average Bonchev–Trinajstić information content (AvgIpc) is 3.19. The molecule has 0 radical (unpaired) electrons. The number of nitrogens with one attached hydrogen (secondary N) is 1. The Bertz CT molecular complexity index is 715. The van der Waals surface area contributed by atoms with Crippen LogP contribution in [0.25, 0.3) is 0 Å². The second-order valence-electron chi connectivity index (χ2n) is 6.93. The van der Waals surface area contributed by atoms with Gasteiger partial charge in [0.2, 0.25) is 11.8 Å². The third-order valence-electron chi connectivity index (χ3n) is 5.03. The predicted molar refractivity (Wildman–Crippen MR) is 99.4 cm³/mol. The number of nitrogens with zero attached hydrogens (tertiary/aromatic N) is 3. The number of carbonyl (C=O) groups is 2. The topological polar surface area (TPSA) is 69.3 Å². The highest BCUT2D eigenvalue weighted by atomic mass is 16.2. The first kappa shape index (κ1) is 18.2. The lowest BCUT2D eigenvalue weighted by Crippen LogP contribution is -2.47. The van der Waals surface area contributed by atoms with Crippen LogP contribution >= 0.6 is 0 Å². The Balaban J connectivity index is 1.51. The van der Waals surface area contributed by atoms with Gasteiger partial charge in [-0.15, -0.1) is 0 Å². The zero-order chi connectivity index (χ0) is 18.4. The van der Waals surface area contributed by atoms with Crippen LogP contribution in [0.3, 0.4) is 0 Å². The van der Waals surface area contributed by atoms with E-state index in [1.54, 1.807) is 11.1 Å². The fourth-order valence-electron chi connectivity index (χ4n) is 3.37. The minimum atomic E-state index is -0.0992. The van der Waals surface area contributed by atoms with Crippen molar-refractivity contribution in [2.24, 2.45) is 5.92 Å². The summed E-state index contributed by atoms with van der Waals surface area (Å²) in [4.78, 5) is 28.6. The molecule has 0 saturated carbocycles. The summed E-state index contributed by atoms with van der Waals surface area (Å²) in [6.07, 6.45) is 6.34. The van der Waals surface area contributed by atoms with Crippen LogP contribution in [0.5, 0.6) is 0 Å². The van der Waals surface area contributed by atoms with Crippen molar-refractivity contribution in [2.45, 2.75) is 25.7 Å². The second kappa shape index (κ2) is 8.65. The van der Waals surface area contributed by atoms with Gasteiger partial charge in [-0.1, -0.05) is 30.3 Å². The number of hydrogen-bond donors (Lipinski definition) is 1. The molecule has 26 heavy (non-hydrogen) atoms. The van der Waals surface area contributed by atoms with Crippen LogP contribution in [-0.4, -0.2) is 58.5 Å². The number of rotatable bonds is 7. The Kier molecular flexibility index (Phi) is 6.04. The van der Waals surface area contributed by atoms with Gasteiger partial charge in [0.1, 0.15) is 0 Å². The van der Waals surface area contributed by atoms with E-state index in [4.69, 9.17) is 0 Å². The fraction of sp³-hybridized carbons (Fsp3) is 0.450. The van der Waals surface area contributed by atoms with Gasteiger partial charge < -0.3 is 9.80 Å². The van der Waals surface area contributed by atoms with Crippen molar-refractivity contribution in [3.05, 3.63) is 53.9 Å². The molecular weight excluding hydrogens is 328 g/mol. The summed E-state index contributed by atoms with van der Waals surface area (Å²) >= 11 is 0. The lowest BCUT2D eigenvalue weighted by atomic mass is 9.95. The molecule has 2 aromatic rings. The molecule has 2 amide bonds. The maximum atomic E-state index is 12.7. The van der Waals surface area contributed by atoms with Crippen LogP contribution < -0.4 is 0 Å². The van der Waals surface area contributed by atoms with Gasteiger partial charge in [-0.25, -0.2) is 0 Å². The maximum absolute atomic E-state index is 12.7. The largest absolute Gasteiger partial charge is 0.345 e. The molecule has 1 atom stereocenters. The SMILES string of the molecule is CN(CCc1cn[nH]c1)C(=O)[C@@H]1CCC(=O)N(CCc2ccccc2)C1. The van der Waals surface area contributed by atoms with Crippen LogP contribution in [0, 0.1) is 5.92 Å². The Hall–Kier alpha value is -2.63. The van der Waals surface area contributed by atoms with E-state index in [-0.39, 0.29) is 17.7 Å². The van der Waals surface area contributed by atoms with E-state index in [1.165, 1.54) is 5.56 Å². The number of aromatic nitrogens is 2. The number of likely N-dealkylation sites (tertiary alicyclic amines) is 1. The lowest BCUT2D eigenvalue weighted by molar-refractivity contribution is -0.142. The van der Waals surface area contributed by atoms with Gasteiger partial charge in [0.05, 0.1) is 12.1 Å². The molecule has 1 aromatic heterocycles. The highest BCUT2D eigenvalue weighted by Gasteiger charge is 2.31. The fourth-order valence-corrected chi connectivity index (χ4v) is 3.37. The second-order valence-corrected chi connectivity index (χ2v) is 6.93. The van der Waals surface area contributed by atoms with Crippen molar-refractivity contribution >= 4 is 11.8 Å². The zero-order valence-electron chi connectivity index (χ0n) is 15.2. The summed E-state index contributed by atoms with van der Waals surface area (Å²) in [5.74, 6) is 0.189. The summed E-state index contributed by atoms with van der Waals surface area (Å²) in [6, 6.07) is 10.1. The number of piperidine rings is 1. The van der Waals surface area contributed by atoms with Crippen LogP contribution in [0.1, 0.15) is 24.0 Å². The van der Waals surface area contributed by atoms with Crippen molar-refractivity contribution in [3.8, 4) is 0 Å². The highest BCUT2D eigenvalue weighted by Crippen LogP contribution is 2.20. The van der Waals surface area contributed by atoms with Crippen LogP contribution in [0.2, 0.25) is 0 Å². The third kappa shape index (κ3) is 4.71. The number of hydrogen-bond acceptors (Lipinski definition) is 3. The molecule has 0 spiro atoms. The summed E-state index contributed by atoms with van der Waals surface area (Å²) in [6.45, 7) is 1.86. The smallest absolute Gasteiger partial charge is 0.227 e. The van der Waals surface area contributed by atoms with Crippen molar-refractivity contribution < 1.29 is 9.59 Å². The van der Waals surface area contributed by atoms with E-state index >= 15 is 0 Å². The minimum absolute atomic E-state index is 0.0992. The van der Waals surface area contributed by atoms with E-state index in [0.29, 0.717) is 32.5 Å². The molecular formula is C20H26N4O2. The first-order valence-electron chi connectivity index (χ1n) is 9.18. The Morgan fingerprint density at radius 1 is 1.27 bits per heavy atom. The molecule has 6 heteroatoms. The van der Waals surface area contributed by atoms with Gasteiger partial charge in [0.15, 0.2) is 0 Å². The zero-order valence-corrected chi connectivity index (χ0v) is 15.2. The first-order chi connectivity index (χ1) is 12.6. The van der Waals surface area contributed by atoms with Crippen LogP contribution in [0.15, 0.2) is 42.7 Å². The molecule has 0 aliphatic carbocycles. The number of benzene rings is 1. The summed E-state index contributed by atoms with van der Waals surface area (Å²) < 4.78 is 0. The predicted octanol–water partition coefficient (Wildman–Crippen LogP) is 1.89. The Labute approximate surface area is 154 Å². The van der Waals surface area contributed by atoms with E-state index in [0.717, 1.165) is 18.4 Å². The molecule has 2 heterocycles. The molecule has 1 fully saturated rings. The van der Waals surface area contributed by atoms with Crippen molar-refractivity contribution in [1.82, 2.24) is 20.0 Å². The van der Waals surface area contributed by atoms with Crippen molar-refractivity contribution in [1.29, 1.82) is 0 Å². The normalized spacial score (nSPS) is 17.3. The standard InChI is InChI=1S/C20H26N4O2/c1-23(11-9-17-13-21-22-14-17)20(26)18-7-8-19(25)24(15-18)12-10-16-5-3-2-4-6-16/h2-6,13-14,18H,7-12,15H2,1H3,(H,21,22)/t18-/m1/s1. The molecule has 1 aliphatic rings. The number of H-pyrrole nitrogens is 1. The molecule has 1 N–H and O–H groups in total. The summed E-state index contributed by atoms with van der Waals surface area (Å²) in [5.41, 5.74) is 2.30. The number of amides is 2. The molecule has 0 bridgehead atoms. The van der Waals surface area contributed by atoms with Crippen LogP contribution in [0.4, 0.5) is 0 Å². The summed E-state index contributed by atoms with van der Waals surface area (Å²) in [5, 5.41) is 6.71. The molecule has 1 aliphatic heterocycles. The van der Waals surface area contributed by atoms with Crippen molar-refractivity contribution in [2.75, 3.05) is 26.7 Å². The average molecular weight is 354 g/mol. The van der Waals surface area contributed by atoms with Gasteiger partial charge in [0.25, 0.3) is 0 Å². The first-order valence-corrected chi connectivity index (χ1v) is 9.18. The molecule has 3 rings (SSSR count). The highest BCUT2D eigenvalue weighted by molar-refractivity contribution is 5.83.